The molecule has 0 amide bonds. The zero-order valence-electron chi connectivity index (χ0n) is 20.4. The smallest absolute Gasteiger partial charge is 0.323 e. The number of nitrogen functional groups attached to an aromatic ring is 1. The summed E-state index contributed by atoms with van der Waals surface area (Å²) < 4.78 is 41.3. The number of aryl methyl sites for hydroxylation is 1. The number of aromatic nitrogens is 5. The van der Waals surface area contributed by atoms with E-state index < -0.39 is 11.7 Å². The second-order valence-corrected chi connectivity index (χ2v) is 9.15. The molecule has 1 fully saturated rings. The fourth-order valence-corrected chi connectivity index (χ4v) is 4.48. The van der Waals surface area contributed by atoms with Crippen LogP contribution in [-0.4, -0.2) is 74.4 Å². The zero-order chi connectivity index (χ0) is 26.0. The number of nitrogens with zero attached hydrogens (tertiary/aromatic N) is 7. The van der Waals surface area contributed by atoms with Crippen molar-refractivity contribution < 1.29 is 13.2 Å². The standard InChI is InChI=1S/C25H28F3N9/c1-35-12-14-36(15-13-35)11-5-6-17-16-21(33-23-19-8-4-10-30-24(19)37(29)34-23)32-22(31-17)18-7-2-3-9-20(18)25(26,27)28/h2-4,7-10,16H,5-6,11-15,29H2,1H3,(H,31,32,33,34). The summed E-state index contributed by atoms with van der Waals surface area (Å²) in [5.74, 6) is 6.67. The van der Waals surface area contributed by atoms with Crippen LogP contribution >= 0.6 is 0 Å². The number of hydrogen-bond acceptors (Lipinski definition) is 8. The van der Waals surface area contributed by atoms with Crippen molar-refractivity contribution in [2.45, 2.75) is 19.0 Å². The Morgan fingerprint density at radius 2 is 1.81 bits per heavy atom. The van der Waals surface area contributed by atoms with Gasteiger partial charge in [-0.05, 0) is 44.6 Å². The summed E-state index contributed by atoms with van der Waals surface area (Å²) in [4.78, 5) is 19.1. The molecule has 12 heteroatoms. The maximum atomic E-state index is 13.8. The van der Waals surface area contributed by atoms with Gasteiger partial charge in [-0.25, -0.2) is 15.0 Å². The number of nitrogens with two attached hydrogens (primary N) is 1. The number of anilines is 2. The molecule has 194 valence electrons. The molecule has 0 saturated carbocycles. The Morgan fingerprint density at radius 3 is 2.59 bits per heavy atom. The van der Waals surface area contributed by atoms with E-state index in [1.807, 2.05) is 0 Å². The van der Waals surface area contributed by atoms with Crippen LogP contribution in [0.1, 0.15) is 17.7 Å². The van der Waals surface area contributed by atoms with Crippen molar-refractivity contribution in [1.29, 1.82) is 0 Å². The molecule has 3 N–H and O–H groups in total. The molecule has 0 unspecified atom stereocenters. The molecule has 1 aliphatic rings. The molecule has 0 atom stereocenters. The number of nitrogens with one attached hydrogen (secondary N) is 1. The Labute approximate surface area is 212 Å². The molecule has 0 bridgehead atoms. The van der Waals surface area contributed by atoms with Crippen LogP contribution in [0.25, 0.3) is 22.4 Å². The van der Waals surface area contributed by atoms with Crippen molar-refractivity contribution in [3.05, 3.63) is 59.9 Å². The van der Waals surface area contributed by atoms with Crippen molar-refractivity contribution in [3.63, 3.8) is 0 Å². The van der Waals surface area contributed by atoms with Gasteiger partial charge in [0.15, 0.2) is 17.3 Å². The number of alkyl halides is 3. The predicted molar refractivity (Wildman–Crippen MR) is 136 cm³/mol. The van der Waals surface area contributed by atoms with Gasteiger partial charge in [0.05, 0.1) is 10.9 Å². The second-order valence-electron chi connectivity index (χ2n) is 9.15. The minimum atomic E-state index is -4.54. The van der Waals surface area contributed by atoms with Crippen molar-refractivity contribution >= 4 is 22.7 Å². The van der Waals surface area contributed by atoms with Gasteiger partial charge in [-0.15, -0.1) is 5.10 Å². The molecule has 0 aliphatic carbocycles. The first-order valence-corrected chi connectivity index (χ1v) is 12.1. The lowest BCUT2D eigenvalue weighted by Crippen LogP contribution is -2.44. The summed E-state index contributed by atoms with van der Waals surface area (Å²) in [7, 11) is 2.11. The van der Waals surface area contributed by atoms with E-state index in [-0.39, 0.29) is 11.4 Å². The highest BCUT2D eigenvalue weighted by atomic mass is 19.4. The van der Waals surface area contributed by atoms with E-state index in [1.54, 1.807) is 30.5 Å². The molecule has 9 nitrogen and oxygen atoms in total. The van der Waals surface area contributed by atoms with Crippen LogP contribution < -0.4 is 11.2 Å². The number of benzene rings is 1. The number of piperazine rings is 1. The largest absolute Gasteiger partial charge is 0.417 e. The molecule has 1 aromatic carbocycles. The molecule has 1 saturated heterocycles. The van der Waals surface area contributed by atoms with Gasteiger partial charge in [-0.3, -0.25) is 0 Å². The highest BCUT2D eigenvalue weighted by Crippen LogP contribution is 2.36. The summed E-state index contributed by atoms with van der Waals surface area (Å²) in [6.07, 6.45) is -1.51. The van der Waals surface area contributed by atoms with Crippen LogP contribution in [0.4, 0.5) is 24.8 Å². The molecule has 0 radical (unpaired) electrons. The van der Waals surface area contributed by atoms with Crippen molar-refractivity contribution in [2.75, 3.05) is 50.9 Å². The highest BCUT2D eigenvalue weighted by molar-refractivity contribution is 5.89. The third-order valence-corrected chi connectivity index (χ3v) is 6.47. The molecular weight excluding hydrogens is 483 g/mol. The van der Waals surface area contributed by atoms with Gasteiger partial charge in [-0.1, -0.05) is 18.2 Å². The second kappa shape index (κ2) is 10.3. The fourth-order valence-electron chi connectivity index (χ4n) is 4.48. The average molecular weight is 512 g/mol. The van der Waals surface area contributed by atoms with Gasteiger partial charge < -0.3 is 21.0 Å². The van der Waals surface area contributed by atoms with Crippen LogP contribution in [-0.2, 0) is 12.6 Å². The van der Waals surface area contributed by atoms with Crippen LogP contribution in [0.5, 0.6) is 0 Å². The summed E-state index contributed by atoms with van der Waals surface area (Å²) in [6, 6.07) is 10.7. The summed E-state index contributed by atoms with van der Waals surface area (Å²) >= 11 is 0. The first kappa shape index (κ1) is 24.9. The molecule has 1 aliphatic heterocycles. The van der Waals surface area contributed by atoms with Crippen molar-refractivity contribution in [1.82, 2.24) is 34.6 Å². The molecule has 37 heavy (non-hydrogen) atoms. The molecule has 3 aromatic heterocycles. The molecule has 0 spiro atoms. The average Bonchev–Trinajstić information content (AvgIpc) is 3.20. The lowest BCUT2D eigenvalue weighted by atomic mass is 10.1. The van der Waals surface area contributed by atoms with Crippen LogP contribution in [0, 0.1) is 0 Å². The Bertz CT molecular complexity index is 1380. The number of fused-ring (bicyclic) bond motifs is 1. The van der Waals surface area contributed by atoms with Gasteiger partial charge in [0.1, 0.15) is 5.82 Å². The number of hydrogen-bond donors (Lipinski definition) is 2. The molecule has 4 heterocycles. The number of rotatable bonds is 7. The highest BCUT2D eigenvalue weighted by Gasteiger charge is 2.34. The Morgan fingerprint density at radius 1 is 1.03 bits per heavy atom. The summed E-state index contributed by atoms with van der Waals surface area (Å²) in [5, 5.41) is 8.06. The number of pyridine rings is 1. The van der Waals surface area contributed by atoms with E-state index >= 15 is 0 Å². The molecular formula is C25H28F3N9. The quantitative estimate of drug-likeness (QED) is 0.364. The number of halogens is 3. The van der Waals surface area contributed by atoms with Gasteiger partial charge in [-0.2, -0.15) is 18.0 Å². The predicted octanol–water partition coefficient (Wildman–Crippen LogP) is 3.54. The van der Waals surface area contributed by atoms with E-state index in [0.717, 1.165) is 50.0 Å². The topological polar surface area (TPSA) is 101 Å². The van der Waals surface area contributed by atoms with Gasteiger partial charge in [0.25, 0.3) is 0 Å². The molecule has 4 aromatic rings. The Balaban J connectivity index is 1.46. The van der Waals surface area contributed by atoms with E-state index in [1.165, 1.54) is 12.1 Å². The van der Waals surface area contributed by atoms with Crippen LogP contribution in [0.15, 0.2) is 48.7 Å². The zero-order valence-corrected chi connectivity index (χ0v) is 20.4. The van der Waals surface area contributed by atoms with Crippen molar-refractivity contribution in [2.24, 2.45) is 0 Å². The molecule has 5 rings (SSSR count). The van der Waals surface area contributed by atoms with Gasteiger partial charge in [0.2, 0.25) is 0 Å². The maximum absolute atomic E-state index is 13.8. The lowest BCUT2D eigenvalue weighted by molar-refractivity contribution is -0.137. The van der Waals surface area contributed by atoms with E-state index in [4.69, 9.17) is 5.84 Å². The Hall–Kier alpha value is -3.77. The van der Waals surface area contributed by atoms with E-state index in [2.05, 4.69) is 42.2 Å². The lowest BCUT2D eigenvalue weighted by Gasteiger charge is -2.32. The monoisotopic (exact) mass is 511 g/mol. The normalized spacial score (nSPS) is 15.4. The third-order valence-electron chi connectivity index (χ3n) is 6.47. The minimum absolute atomic E-state index is 0.00198. The number of likely N-dealkylation sites (N-methyl/N-ethyl adjacent to an activating group) is 1. The van der Waals surface area contributed by atoms with Crippen LogP contribution in [0.3, 0.4) is 0 Å². The minimum Gasteiger partial charge on any atom is -0.323 e. The first-order valence-electron chi connectivity index (χ1n) is 12.1. The fraction of sp³-hybridized carbons (Fsp3) is 0.360. The first-order chi connectivity index (χ1) is 17.8. The maximum Gasteiger partial charge on any atom is 0.417 e. The third kappa shape index (κ3) is 5.65. The summed E-state index contributed by atoms with van der Waals surface area (Å²) in [6.45, 7) is 4.94. The van der Waals surface area contributed by atoms with Gasteiger partial charge >= 0.3 is 6.18 Å². The summed E-state index contributed by atoms with van der Waals surface area (Å²) in [5.41, 5.74) is 0.258. The Kier molecular flexibility index (Phi) is 6.94. The van der Waals surface area contributed by atoms with E-state index in [9.17, 15) is 13.2 Å². The van der Waals surface area contributed by atoms with Gasteiger partial charge in [0, 0.05) is 49.7 Å². The van der Waals surface area contributed by atoms with Crippen molar-refractivity contribution in [3.8, 4) is 11.4 Å². The van der Waals surface area contributed by atoms with Crippen LogP contribution in [0.2, 0.25) is 0 Å². The SMILES string of the molecule is CN1CCN(CCCc2cc(Nc3nn(N)c4ncccc34)nc(-c3ccccc3C(F)(F)F)n2)CC1. The van der Waals surface area contributed by atoms with E-state index in [0.29, 0.717) is 34.8 Å².